The summed E-state index contributed by atoms with van der Waals surface area (Å²) in [5.74, 6) is -1.03. The highest BCUT2D eigenvalue weighted by molar-refractivity contribution is 7.84. The third-order valence-electron chi connectivity index (χ3n) is 10.6. The number of nitrogens with one attached hydrogen (secondary N) is 3. The number of amides is 1. The summed E-state index contributed by atoms with van der Waals surface area (Å²) in [5, 5.41) is 34.1. The molecule has 0 saturated carbocycles. The third-order valence-corrected chi connectivity index (χ3v) is 12.1. The van der Waals surface area contributed by atoms with Crippen LogP contribution in [-0.2, 0) is 45.6 Å². The van der Waals surface area contributed by atoms with Crippen molar-refractivity contribution >= 4 is 41.9 Å². The highest BCUT2D eigenvalue weighted by atomic mass is 32.2. The van der Waals surface area contributed by atoms with E-state index in [-0.39, 0.29) is 48.6 Å². The number of fused-ring (bicyclic) bond motifs is 1. The molecule has 0 spiro atoms. The van der Waals surface area contributed by atoms with E-state index in [0.717, 1.165) is 69.1 Å². The van der Waals surface area contributed by atoms with Gasteiger partial charge in [-0.05, 0) is 83.7 Å². The molecule has 3 saturated heterocycles. The van der Waals surface area contributed by atoms with Crippen LogP contribution in [0.3, 0.4) is 0 Å². The molecular weight excluding hydrogens is 580 g/mol. The maximum atomic E-state index is 12.5. The van der Waals surface area contributed by atoms with Gasteiger partial charge in [0, 0.05) is 53.3 Å². The molecule has 2 aromatic rings. The predicted octanol–water partition coefficient (Wildman–Crippen LogP) is 2.04. The highest BCUT2D eigenvalue weighted by Gasteiger charge is 2.78. The van der Waals surface area contributed by atoms with E-state index < -0.39 is 17.0 Å². The van der Waals surface area contributed by atoms with Gasteiger partial charge in [0.2, 0.25) is 5.91 Å². The van der Waals surface area contributed by atoms with Gasteiger partial charge in [0.25, 0.3) is 0 Å². The molecule has 0 radical (unpaired) electrons. The van der Waals surface area contributed by atoms with Gasteiger partial charge in [0.1, 0.15) is 11.9 Å². The fraction of sp³-hybridized carbons (Fsp3) is 0.606. The largest absolute Gasteiger partial charge is 0.481 e. The van der Waals surface area contributed by atoms with Gasteiger partial charge in [-0.15, -0.1) is 0 Å². The van der Waals surface area contributed by atoms with E-state index in [1.807, 2.05) is 26.8 Å². The topological polar surface area (TPSA) is 159 Å². The fourth-order valence-corrected chi connectivity index (χ4v) is 9.00. The van der Waals surface area contributed by atoms with E-state index >= 15 is 0 Å². The first-order valence-corrected chi connectivity index (χ1v) is 16.7. The number of hydrogen-bond acceptors (Lipinski definition) is 5. The number of nitrogens with zero attached hydrogens (tertiary/aromatic N) is 1. The first-order valence-electron chi connectivity index (χ1n) is 15.9. The maximum Gasteiger partial charge on any atom is 0.345 e. The van der Waals surface area contributed by atoms with E-state index in [1.54, 1.807) is 0 Å². The van der Waals surface area contributed by atoms with Crippen LogP contribution in [0.2, 0.25) is 0 Å². The Morgan fingerprint density at radius 1 is 0.977 bits per heavy atom. The molecule has 0 aromatic carbocycles. The van der Waals surface area contributed by atoms with Crippen molar-refractivity contribution in [3.05, 3.63) is 44.3 Å². The van der Waals surface area contributed by atoms with Crippen LogP contribution >= 0.6 is 0 Å². The summed E-state index contributed by atoms with van der Waals surface area (Å²) in [6, 6.07) is 0.0564. The minimum absolute atomic E-state index is 0.0132. The summed E-state index contributed by atoms with van der Waals surface area (Å²) in [7, 11) is 0. The molecule has 44 heavy (non-hydrogen) atoms. The van der Waals surface area contributed by atoms with E-state index in [0.29, 0.717) is 25.2 Å². The lowest BCUT2D eigenvalue weighted by Gasteiger charge is -2.18. The highest BCUT2D eigenvalue weighted by Crippen LogP contribution is 2.55. The molecule has 3 fully saturated rings. The van der Waals surface area contributed by atoms with E-state index in [1.165, 1.54) is 0 Å². The summed E-state index contributed by atoms with van der Waals surface area (Å²) in [4.78, 5) is 42.8. The summed E-state index contributed by atoms with van der Waals surface area (Å²) in [6.45, 7) is 12.4. The van der Waals surface area contributed by atoms with Crippen LogP contribution in [0, 0.1) is 37.5 Å². The molecule has 11 heteroatoms. The minimum atomic E-state index is -0.874. The number of carbonyl (C=O) groups excluding carboxylic acids is 1. The zero-order valence-electron chi connectivity index (χ0n) is 26.5. The summed E-state index contributed by atoms with van der Waals surface area (Å²) >= 11 is 0.932. The van der Waals surface area contributed by atoms with Gasteiger partial charge in [-0.25, -0.2) is 0 Å². The number of thiol groups is 1. The zero-order chi connectivity index (χ0) is 32.1. The summed E-state index contributed by atoms with van der Waals surface area (Å²) in [6.07, 6.45) is 7.19. The van der Waals surface area contributed by atoms with Gasteiger partial charge < -0.3 is 30.6 Å². The van der Waals surface area contributed by atoms with E-state index in [2.05, 4.69) is 46.4 Å². The predicted molar refractivity (Wildman–Crippen MR) is 171 cm³/mol. The number of rotatable bonds is 12. The maximum absolute atomic E-state index is 12.5. The lowest BCUT2D eigenvalue weighted by molar-refractivity contribution is -0.138. The van der Waals surface area contributed by atoms with Crippen molar-refractivity contribution in [3.8, 4) is 0 Å². The van der Waals surface area contributed by atoms with Gasteiger partial charge >= 0.3 is 17.0 Å². The monoisotopic (exact) mass is 627 g/mol. The minimum Gasteiger partial charge on any atom is -0.481 e. The number of aromatic amines is 2. The number of carboxylic acids is 2. The first-order chi connectivity index (χ1) is 20.8. The van der Waals surface area contributed by atoms with Crippen molar-refractivity contribution in [3.63, 3.8) is 0 Å². The quantitative estimate of drug-likeness (QED) is 0.119. The number of carboxylic acid groups (broad SMARTS) is 2. The van der Waals surface area contributed by atoms with Crippen molar-refractivity contribution < 1.29 is 29.7 Å². The Hall–Kier alpha value is -3.02. The number of H-pyrrole nitrogens is 2. The van der Waals surface area contributed by atoms with Crippen molar-refractivity contribution in [1.29, 1.82) is 0 Å². The first kappa shape index (κ1) is 32.4. The molecule has 0 aliphatic carbocycles. The van der Waals surface area contributed by atoms with Crippen LogP contribution in [0.25, 0.3) is 12.2 Å². The molecule has 6 N–H and O–H groups in total. The number of aliphatic carboxylic acids is 2. The lowest BCUT2D eigenvalue weighted by atomic mass is 9.88. The van der Waals surface area contributed by atoms with Crippen LogP contribution in [0.4, 0.5) is 0 Å². The molecule has 1 amide bonds. The molecule has 5 heterocycles. The van der Waals surface area contributed by atoms with E-state index in [4.69, 9.17) is 0 Å². The number of aliphatic hydroxyl groups is 1. The molecule has 3 aliphatic rings. The molecule has 5 rings (SSSR count). The van der Waals surface area contributed by atoms with Crippen LogP contribution in [0.5, 0.6) is 0 Å². The number of carbonyl (C=O) groups is 3. The summed E-state index contributed by atoms with van der Waals surface area (Å²) < 4.78 is 2.11. The molecule has 8 atom stereocenters. The Balaban J connectivity index is 1.58. The van der Waals surface area contributed by atoms with E-state index in [9.17, 15) is 29.7 Å². The Labute approximate surface area is 262 Å². The van der Waals surface area contributed by atoms with Gasteiger partial charge in [-0.1, -0.05) is 34.1 Å². The Kier molecular flexibility index (Phi) is 9.13. The van der Waals surface area contributed by atoms with Gasteiger partial charge in [0.15, 0.2) is 0 Å². The zero-order valence-corrected chi connectivity index (χ0v) is 27.4. The molecule has 0 bridgehead atoms. The smallest absolute Gasteiger partial charge is 0.345 e. The fourth-order valence-electron chi connectivity index (χ4n) is 7.67. The Morgan fingerprint density at radius 2 is 1.64 bits per heavy atom. The second-order valence-electron chi connectivity index (χ2n) is 13.0. The standard InChI is InChI=1S/C33H46N4O6S/c1-7-20-16(3)25(36-32(20)42)13-24-17(4)22(9-11-30(38)39)27(34-24)14-28-23(10-12-31(40)41)18(5)26(35-28)15-29-21(8-2)19(6)33(43)37(29)44-33/h14-16,19-21,25,29,34-35,43H,7-13H2,1-6H3,(H,36,42)(H,38,39)(H,40,41)/p+1/b26-15+,28-14-/t16?,19-,20?,21-,25?,29?,33+,37?/m1/s1. The normalized spacial score (nSPS) is 31.9. The van der Waals surface area contributed by atoms with Crippen molar-refractivity contribution in [2.75, 3.05) is 0 Å². The van der Waals surface area contributed by atoms with Crippen molar-refractivity contribution in [2.45, 2.75) is 104 Å². The van der Waals surface area contributed by atoms with Crippen molar-refractivity contribution in [1.82, 2.24) is 19.6 Å². The Bertz CT molecular complexity index is 1580. The second kappa shape index (κ2) is 12.4. The molecule has 240 valence electrons. The average Bonchev–Trinajstić information content (AvgIpc) is 3.20. The van der Waals surface area contributed by atoms with Crippen molar-refractivity contribution in [2.24, 2.45) is 23.7 Å². The van der Waals surface area contributed by atoms with Crippen LogP contribution < -0.4 is 16.0 Å². The molecule has 5 unspecified atom stereocenters. The van der Waals surface area contributed by atoms with Crippen LogP contribution in [-0.4, -0.2) is 64.6 Å². The third kappa shape index (κ3) is 5.86. The van der Waals surface area contributed by atoms with Gasteiger partial charge in [0.05, 0.1) is 12.0 Å². The van der Waals surface area contributed by atoms with Gasteiger partial charge in [-0.2, -0.15) is 0 Å². The molecule has 2 aromatic heterocycles. The van der Waals surface area contributed by atoms with Gasteiger partial charge in [-0.3, -0.25) is 14.4 Å². The van der Waals surface area contributed by atoms with Crippen LogP contribution in [0.15, 0.2) is 0 Å². The summed E-state index contributed by atoms with van der Waals surface area (Å²) in [5.41, 5.74) is 5.57. The SMILES string of the molecule is CCC1C(=O)NC(Cc2[nH]c(/C=c3\[nH]/c(=C/C4[C@H](CC)[C@@H](C)[C@]5(O)[SH+]N45)c(C)c3CCC(=O)O)c(CCC(=O)O)c2C)C1C. The average molecular weight is 628 g/mol. The lowest BCUT2D eigenvalue weighted by Crippen LogP contribution is -2.30. The Morgan fingerprint density at radius 3 is 2.23 bits per heavy atom. The molecule has 10 nitrogen and oxygen atoms in total. The van der Waals surface area contributed by atoms with Crippen LogP contribution in [0.1, 0.15) is 87.0 Å². The molecule has 3 aliphatic heterocycles. The molecular formula is C33H47N4O6S+. The number of aromatic nitrogens is 2. The number of hydrogen-bond donors (Lipinski definition) is 6. The second-order valence-corrected chi connectivity index (χ2v) is 14.2.